The van der Waals surface area contributed by atoms with Gasteiger partial charge in [-0.1, -0.05) is 188 Å². The van der Waals surface area contributed by atoms with E-state index in [1.54, 1.807) is 0 Å². The number of rotatable bonds is 6. The molecule has 1 nitrogen and oxygen atoms in total. The number of nitrogens with one attached hydrogen (secondary N) is 1. The Morgan fingerprint density at radius 3 is 1.48 bits per heavy atom. The van der Waals surface area contributed by atoms with Crippen LogP contribution < -0.4 is 5.32 Å². The summed E-state index contributed by atoms with van der Waals surface area (Å²) in [6, 6.07) is 75.2. The van der Waals surface area contributed by atoms with Gasteiger partial charge < -0.3 is 5.32 Å². The maximum absolute atomic E-state index is 3.97. The predicted molar refractivity (Wildman–Crippen MR) is 219 cm³/mol. The molecular formula is C51H35N. The predicted octanol–water partition coefficient (Wildman–Crippen LogP) is 13.4. The quantitative estimate of drug-likeness (QED) is 0.175. The Morgan fingerprint density at radius 1 is 0.327 bits per heavy atom. The van der Waals surface area contributed by atoms with Crippen molar-refractivity contribution in [3.8, 4) is 33.4 Å². The molecule has 0 unspecified atom stereocenters. The Morgan fingerprint density at radius 2 is 0.808 bits per heavy atom. The Labute approximate surface area is 304 Å². The molecule has 0 radical (unpaired) electrons. The molecule has 10 rings (SSSR count). The second-order valence-corrected chi connectivity index (χ2v) is 13.7. The summed E-state index contributed by atoms with van der Waals surface area (Å²) in [6.45, 7) is 0. The molecule has 0 aliphatic heterocycles. The van der Waals surface area contributed by atoms with Gasteiger partial charge in [-0.3, -0.25) is 0 Å². The van der Waals surface area contributed by atoms with Crippen molar-refractivity contribution in [1.29, 1.82) is 0 Å². The molecule has 1 aliphatic carbocycles. The largest absolute Gasteiger partial charge is 0.354 e. The van der Waals surface area contributed by atoms with Gasteiger partial charge in [-0.15, -0.1) is 0 Å². The van der Waals surface area contributed by atoms with E-state index in [2.05, 4.69) is 212 Å². The van der Waals surface area contributed by atoms with E-state index in [1.165, 1.54) is 77.2 Å². The standard InChI is InChI=1S/C51H35N/c1-3-16-35(17-4-1)36-18-15-19-37(34-36)49-45-26-9-7-22-41(45)42-23-8-10-27-46(42)50(49)52-40-32-30-39(31-33-40)51(38-20-5-2-6-21-38)47-28-13-11-24-43(47)44-25-12-14-29-48(44)51/h1-34,52H. The normalized spacial score (nSPS) is 12.8. The van der Waals surface area contributed by atoms with Gasteiger partial charge in [0.2, 0.25) is 0 Å². The third-order valence-corrected chi connectivity index (χ3v) is 10.9. The van der Waals surface area contributed by atoms with Gasteiger partial charge >= 0.3 is 0 Å². The highest BCUT2D eigenvalue weighted by Crippen LogP contribution is 2.56. The number of hydrogen-bond acceptors (Lipinski definition) is 1. The molecule has 1 N–H and O–H groups in total. The van der Waals surface area contributed by atoms with Crippen LogP contribution in [0.15, 0.2) is 206 Å². The number of benzene rings is 9. The molecular weight excluding hydrogens is 627 g/mol. The van der Waals surface area contributed by atoms with Crippen LogP contribution in [0.5, 0.6) is 0 Å². The van der Waals surface area contributed by atoms with Gasteiger partial charge in [0.15, 0.2) is 0 Å². The van der Waals surface area contributed by atoms with Crippen molar-refractivity contribution < 1.29 is 0 Å². The van der Waals surface area contributed by atoms with Gasteiger partial charge in [-0.05, 0) is 84.4 Å². The zero-order valence-corrected chi connectivity index (χ0v) is 28.6. The van der Waals surface area contributed by atoms with Gasteiger partial charge in [0, 0.05) is 16.6 Å². The van der Waals surface area contributed by atoms with Crippen LogP contribution in [0.3, 0.4) is 0 Å². The highest BCUT2D eigenvalue weighted by atomic mass is 14.9. The van der Waals surface area contributed by atoms with Crippen molar-refractivity contribution in [3.05, 3.63) is 229 Å². The van der Waals surface area contributed by atoms with Gasteiger partial charge in [0.05, 0.1) is 11.1 Å². The van der Waals surface area contributed by atoms with Crippen LogP contribution in [0.2, 0.25) is 0 Å². The SMILES string of the molecule is c1ccc(-c2cccc(-c3c(Nc4ccc(C5(c6ccccc6)c6ccccc6-c6ccccc65)cc4)c4ccccc4c4ccccc34)c2)cc1. The first kappa shape index (κ1) is 30.2. The van der Waals surface area contributed by atoms with Crippen molar-refractivity contribution in [2.45, 2.75) is 5.41 Å². The molecule has 9 aromatic rings. The average Bonchev–Trinajstić information content (AvgIpc) is 3.53. The summed E-state index contributed by atoms with van der Waals surface area (Å²) < 4.78 is 0. The molecule has 1 heteroatoms. The zero-order valence-electron chi connectivity index (χ0n) is 28.6. The molecule has 9 aromatic carbocycles. The lowest BCUT2D eigenvalue weighted by atomic mass is 9.68. The lowest BCUT2D eigenvalue weighted by Crippen LogP contribution is -2.28. The van der Waals surface area contributed by atoms with Crippen molar-refractivity contribution in [2.24, 2.45) is 0 Å². The Hall–Kier alpha value is -6.70. The van der Waals surface area contributed by atoms with Crippen LogP contribution in [-0.2, 0) is 5.41 Å². The van der Waals surface area contributed by atoms with E-state index in [0.29, 0.717) is 0 Å². The third-order valence-electron chi connectivity index (χ3n) is 10.9. The topological polar surface area (TPSA) is 12.0 Å². The maximum Gasteiger partial charge on any atom is 0.0713 e. The summed E-state index contributed by atoms with van der Waals surface area (Å²) in [4.78, 5) is 0. The van der Waals surface area contributed by atoms with E-state index in [1.807, 2.05) is 0 Å². The highest BCUT2D eigenvalue weighted by molar-refractivity contribution is 6.21. The zero-order chi connectivity index (χ0) is 34.5. The van der Waals surface area contributed by atoms with Gasteiger partial charge in [-0.25, -0.2) is 0 Å². The third kappa shape index (κ3) is 4.63. The van der Waals surface area contributed by atoms with E-state index < -0.39 is 5.41 Å². The average molecular weight is 662 g/mol. The molecule has 52 heavy (non-hydrogen) atoms. The molecule has 1 aliphatic rings. The lowest BCUT2D eigenvalue weighted by Gasteiger charge is -2.34. The summed E-state index contributed by atoms with van der Waals surface area (Å²) in [5, 5.41) is 8.89. The molecule has 0 amide bonds. The number of hydrogen-bond donors (Lipinski definition) is 1. The van der Waals surface area contributed by atoms with Crippen LogP contribution in [0.1, 0.15) is 22.3 Å². The van der Waals surface area contributed by atoms with E-state index in [0.717, 1.165) is 11.4 Å². The minimum absolute atomic E-state index is 0.425. The first-order chi connectivity index (χ1) is 25.8. The highest BCUT2D eigenvalue weighted by Gasteiger charge is 2.45. The van der Waals surface area contributed by atoms with Crippen molar-refractivity contribution >= 4 is 32.9 Å². The molecule has 0 heterocycles. The van der Waals surface area contributed by atoms with E-state index in [4.69, 9.17) is 0 Å². The molecule has 0 bridgehead atoms. The van der Waals surface area contributed by atoms with Crippen LogP contribution in [0.4, 0.5) is 11.4 Å². The summed E-state index contributed by atoms with van der Waals surface area (Å²) >= 11 is 0. The smallest absolute Gasteiger partial charge is 0.0713 e. The van der Waals surface area contributed by atoms with Gasteiger partial charge in [-0.2, -0.15) is 0 Å². The number of fused-ring (bicyclic) bond motifs is 6. The Kier molecular flexibility index (Phi) is 7.11. The second kappa shape index (κ2) is 12.3. The minimum atomic E-state index is -0.425. The van der Waals surface area contributed by atoms with Crippen LogP contribution in [0, 0.1) is 0 Å². The maximum atomic E-state index is 3.97. The molecule has 0 saturated carbocycles. The molecule has 0 spiro atoms. The van der Waals surface area contributed by atoms with E-state index >= 15 is 0 Å². The molecule has 0 fully saturated rings. The van der Waals surface area contributed by atoms with Crippen LogP contribution in [0.25, 0.3) is 54.9 Å². The molecule has 0 atom stereocenters. The monoisotopic (exact) mass is 661 g/mol. The van der Waals surface area contributed by atoms with Crippen molar-refractivity contribution in [2.75, 3.05) is 5.32 Å². The van der Waals surface area contributed by atoms with Gasteiger partial charge in [0.1, 0.15) is 0 Å². The fraction of sp³-hybridized carbons (Fsp3) is 0.0196. The van der Waals surface area contributed by atoms with Crippen LogP contribution in [-0.4, -0.2) is 0 Å². The second-order valence-electron chi connectivity index (χ2n) is 13.7. The fourth-order valence-corrected chi connectivity index (χ4v) is 8.72. The summed E-state index contributed by atoms with van der Waals surface area (Å²) in [7, 11) is 0. The van der Waals surface area contributed by atoms with E-state index in [9.17, 15) is 0 Å². The summed E-state index contributed by atoms with van der Waals surface area (Å²) in [6.07, 6.45) is 0. The molecule has 244 valence electrons. The minimum Gasteiger partial charge on any atom is -0.354 e. The van der Waals surface area contributed by atoms with Crippen molar-refractivity contribution in [3.63, 3.8) is 0 Å². The van der Waals surface area contributed by atoms with E-state index in [-0.39, 0.29) is 0 Å². The van der Waals surface area contributed by atoms with Crippen molar-refractivity contribution in [1.82, 2.24) is 0 Å². The van der Waals surface area contributed by atoms with Gasteiger partial charge in [0.25, 0.3) is 0 Å². The summed E-state index contributed by atoms with van der Waals surface area (Å²) in [5.74, 6) is 0. The Bertz CT molecular complexity index is 2700. The lowest BCUT2D eigenvalue weighted by molar-refractivity contribution is 0.768. The van der Waals surface area contributed by atoms with Crippen LogP contribution >= 0.6 is 0 Å². The fourth-order valence-electron chi connectivity index (χ4n) is 8.72. The molecule has 0 saturated heterocycles. The summed E-state index contributed by atoms with van der Waals surface area (Å²) in [5.41, 5.74) is 14.3. The first-order valence-corrected chi connectivity index (χ1v) is 18.0. The Balaban J connectivity index is 1.16. The first-order valence-electron chi connectivity index (χ1n) is 18.0. The molecule has 0 aromatic heterocycles. The number of anilines is 2.